The summed E-state index contributed by atoms with van der Waals surface area (Å²) in [7, 11) is 0. The van der Waals surface area contributed by atoms with Crippen LogP contribution in [0, 0.1) is 5.92 Å². The quantitative estimate of drug-likeness (QED) is 0.864. The molecular weight excluding hydrogens is 258 g/mol. The fourth-order valence-corrected chi connectivity index (χ4v) is 2.30. The summed E-state index contributed by atoms with van der Waals surface area (Å²) in [4.78, 5) is 22.6. The highest BCUT2D eigenvalue weighted by Crippen LogP contribution is 2.22. The number of aliphatic carboxylic acids is 1. The lowest BCUT2D eigenvalue weighted by Crippen LogP contribution is -2.31. The Balaban J connectivity index is 1.96. The Bertz CT molecular complexity index is 500. The molecule has 2 N–H and O–H groups in total. The van der Waals surface area contributed by atoms with E-state index in [0.29, 0.717) is 18.7 Å². The van der Waals surface area contributed by atoms with Crippen molar-refractivity contribution in [2.45, 2.75) is 32.3 Å². The number of aryl methyl sites for hydroxylation is 1. The van der Waals surface area contributed by atoms with Crippen molar-refractivity contribution < 1.29 is 19.4 Å². The van der Waals surface area contributed by atoms with Gasteiger partial charge in [0, 0.05) is 18.7 Å². The van der Waals surface area contributed by atoms with E-state index in [1.54, 1.807) is 12.1 Å². The summed E-state index contributed by atoms with van der Waals surface area (Å²) in [5.74, 6) is -0.733. The van der Waals surface area contributed by atoms with Gasteiger partial charge in [0.2, 0.25) is 0 Å². The molecule has 1 saturated heterocycles. The summed E-state index contributed by atoms with van der Waals surface area (Å²) >= 11 is 0. The van der Waals surface area contributed by atoms with Gasteiger partial charge in [-0.3, -0.25) is 9.59 Å². The van der Waals surface area contributed by atoms with Gasteiger partial charge in [0.1, 0.15) is 6.10 Å². The molecule has 1 aliphatic rings. The highest BCUT2D eigenvalue weighted by atomic mass is 16.5. The van der Waals surface area contributed by atoms with E-state index in [-0.39, 0.29) is 18.2 Å². The van der Waals surface area contributed by atoms with Gasteiger partial charge in [0.25, 0.3) is 5.91 Å². The highest BCUT2D eigenvalue weighted by molar-refractivity contribution is 5.94. The first kappa shape index (κ1) is 14.5. The first-order valence-electron chi connectivity index (χ1n) is 6.79. The lowest BCUT2D eigenvalue weighted by molar-refractivity contribution is -0.137. The minimum atomic E-state index is -0.826. The molecule has 1 aromatic carbocycles. The zero-order valence-electron chi connectivity index (χ0n) is 11.5. The molecule has 0 aliphatic carbocycles. The van der Waals surface area contributed by atoms with Crippen molar-refractivity contribution in [2.75, 3.05) is 11.9 Å². The summed E-state index contributed by atoms with van der Waals surface area (Å²) in [6.45, 7) is 2.62. The smallest absolute Gasteiger partial charge is 0.303 e. The molecule has 1 fully saturated rings. The van der Waals surface area contributed by atoms with Crippen LogP contribution in [0.4, 0.5) is 5.69 Å². The number of ether oxygens (including phenoxy) is 1. The average Bonchev–Trinajstić information content (AvgIpc) is 2.83. The number of amides is 1. The molecule has 1 heterocycles. The van der Waals surface area contributed by atoms with E-state index in [2.05, 4.69) is 5.32 Å². The van der Waals surface area contributed by atoms with E-state index in [1.807, 2.05) is 19.1 Å². The van der Waals surface area contributed by atoms with Gasteiger partial charge >= 0.3 is 5.97 Å². The highest BCUT2D eigenvalue weighted by Gasteiger charge is 2.30. The molecule has 0 bridgehead atoms. The van der Waals surface area contributed by atoms with E-state index in [0.717, 1.165) is 12.0 Å². The Morgan fingerprint density at radius 3 is 2.90 bits per heavy atom. The molecule has 1 amide bonds. The van der Waals surface area contributed by atoms with Crippen molar-refractivity contribution in [3.63, 3.8) is 0 Å². The van der Waals surface area contributed by atoms with E-state index in [9.17, 15) is 9.59 Å². The summed E-state index contributed by atoms with van der Waals surface area (Å²) in [5.41, 5.74) is 1.58. The second-order valence-corrected chi connectivity index (χ2v) is 5.14. The summed E-state index contributed by atoms with van der Waals surface area (Å²) in [6, 6.07) is 7.27. The maximum atomic E-state index is 12.1. The van der Waals surface area contributed by atoms with Crippen LogP contribution in [0.1, 0.15) is 25.3 Å². The molecule has 108 valence electrons. The molecule has 2 atom stereocenters. The Kier molecular flexibility index (Phi) is 4.74. The van der Waals surface area contributed by atoms with Crippen molar-refractivity contribution in [1.82, 2.24) is 0 Å². The number of hydrogen-bond acceptors (Lipinski definition) is 3. The fraction of sp³-hybridized carbons (Fsp3) is 0.467. The van der Waals surface area contributed by atoms with Gasteiger partial charge in [-0.25, -0.2) is 0 Å². The van der Waals surface area contributed by atoms with E-state index >= 15 is 0 Å². The van der Waals surface area contributed by atoms with Crippen LogP contribution in [0.2, 0.25) is 0 Å². The van der Waals surface area contributed by atoms with Crippen LogP contribution in [0.5, 0.6) is 0 Å². The van der Waals surface area contributed by atoms with Gasteiger partial charge in [-0.2, -0.15) is 0 Å². The molecule has 0 saturated carbocycles. The molecule has 2 rings (SSSR count). The number of hydrogen-bond donors (Lipinski definition) is 2. The lowest BCUT2D eigenvalue weighted by Gasteiger charge is -2.14. The van der Waals surface area contributed by atoms with Crippen LogP contribution in [0.25, 0.3) is 0 Å². The Labute approximate surface area is 117 Å². The molecule has 5 nitrogen and oxygen atoms in total. The molecule has 5 heteroatoms. The second-order valence-electron chi connectivity index (χ2n) is 5.14. The van der Waals surface area contributed by atoms with Gasteiger partial charge in [-0.05, 0) is 36.5 Å². The second kappa shape index (κ2) is 6.52. The van der Waals surface area contributed by atoms with Crippen LogP contribution in [0.15, 0.2) is 24.3 Å². The number of rotatable bonds is 5. The number of carboxylic acid groups (broad SMARTS) is 1. The normalized spacial score (nSPS) is 21.6. The van der Waals surface area contributed by atoms with E-state index in [4.69, 9.17) is 9.84 Å². The standard InChI is InChI=1S/C15H19NO4/c1-10-7-8-20-14(10)15(19)16-12-4-2-3-11(9-12)5-6-13(17)18/h2-4,9-10,14H,5-8H2,1H3,(H,16,19)(H,17,18). The SMILES string of the molecule is CC1CCOC1C(=O)Nc1cccc(CCC(=O)O)c1. The predicted molar refractivity (Wildman–Crippen MR) is 74.5 cm³/mol. The van der Waals surface area contributed by atoms with Gasteiger partial charge in [-0.15, -0.1) is 0 Å². The van der Waals surface area contributed by atoms with Gasteiger partial charge in [-0.1, -0.05) is 19.1 Å². The minimum Gasteiger partial charge on any atom is -0.481 e. The van der Waals surface area contributed by atoms with Crippen LogP contribution < -0.4 is 5.32 Å². The maximum Gasteiger partial charge on any atom is 0.303 e. The number of anilines is 1. The zero-order chi connectivity index (χ0) is 14.5. The number of benzene rings is 1. The third-order valence-corrected chi connectivity index (χ3v) is 3.47. The average molecular weight is 277 g/mol. The minimum absolute atomic E-state index is 0.0835. The zero-order valence-corrected chi connectivity index (χ0v) is 11.5. The van der Waals surface area contributed by atoms with Crippen LogP contribution in [-0.4, -0.2) is 29.7 Å². The monoisotopic (exact) mass is 277 g/mol. The molecule has 20 heavy (non-hydrogen) atoms. The predicted octanol–water partition coefficient (Wildman–Crippen LogP) is 2.07. The number of carboxylic acids is 1. The summed E-state index contributed by atoms with van der Waals surface area (Å²) < 4.78 is 5.42. The maximum absolute atomic E-state index is 12.1. The molecule has 1 aromatic rings. The number of carbonyl (C=O) groups is 2. The molecule has 0 radical (unpaired) electrons. The van der Waals surface area contributed by atoms with E-state index < -0.39 is 12.1 Å². The molecule has 2 unspecified atom stereocenters. The van der Waals surface area contributed by atoms with Gasteiger partial charge in [0.15, 0.2) is 0 Å². The van der Waals surface area contributed by atoms with Crippen molar-refractivity contribution in [2.24, 2.45) is 5.92 Å². The third-order valence-electron chi connectivity index (χ3n) is 3.47. The largest absolute Gasteiger partial charge is 0.481 e. The topological polar surface area (TPSA) is 75.6 Å². The van der Waals surface area contributed by atoms with Crippen LogP contribution in [0.3, 0.4) is 0 Å². The Hall–Kier alpha value is -1.88. The van der Waals surface area contributed by atoms with Crippen molar-refractivity contribution in [3.05, 3.63) is 29.8 Å². The summed E-state index contributed by atoms with van der Waals surface area (Å²) in [6.07, 6.45) is 1.05. The molecular formula is C15H19NO4. The Morgan fingerprint density at radius 2 is 2.25 bits per heavy atom. The lowest BCUT2D eigenvalue weighted by atomic mass is 10.0. The molecule has 1 aliphatic heterocycles. The molecule has 0 aromatic heterocycles. The molecule has 0 spiro atoms. The van der Waals surface area contributed by atoms with Gasteiger partial charge in [0.05, 0.1) is 0 Å². The third kappa shape index (κ3) is 3.81. The number of nitrogens with one attached hydrogen (secondary N) is 1. The Morgan fingerprint density at radius 1 is 1.45 bits per heavy atom. The number of carbonyl (C=O) groups excluding carboxylic acids is 1. The van der Waals surface area contributed by atoms with Crippen molar-refractivity contribution in [3.8, 4) is 0 Å². The first-order chi connectivity index (χ1) is 9.56. The fourth-order valence-electron chi connectivity index (χ4n) is 2.30. The van der Waals surface area contributed by atoms with Crippen LogP contribution >= 0.6 is 0 Å². The van der Waals surface area contributed by atoms with Crippen molar-refractivity contribution in [1.29, 1.82) is 0 Å². The van der Waals surface area contributed by atoms with Crippen LogP contribution in [-0.2, 0) is 20.7 Å². The van der Waals surface area contributed by atoms with E-state index in [1.165, 1.54) is 0 Å². The van der Waals surface area contributed by atoms with Gasteiger partial charge < -0.3 is 15.2 Å². The van der Waals surface area contributed by atoms with Crippen molar-refractivity contribution >= 4 is 17.6 Å². The first-order valence-corrected chi connectivity index (χ1v) is 6.79. The summed E-state index contributed by atoms with van der Waals surface area (Å²) in [5, 5.41) is 11.5.